The molecular weight excluding hydrogens is 357 g/mol. The monoisotopic (exact) mass is 381 g/mol. The van der Waals surface area contributed by atoms with Crippen LogP contribution in [0.15, 0.2) is 53.3 Å². The summed E-state index contributed by atoms with van der Waals surface area (Å²) >= 11 is 0. The summed E-state index contributed by atoms with van der Waals surface area (Å²) < 4.78 is 13.3. The molecule has 3 aromatic rings. The molecule has 0 aliphatic rings. The van der Waals surface area contributed by atoms with Crippen LogP contribution in [0.3, 0.4) is 0 Å². The summed E-state index contributed by atoms with van der Waals surface area (Å²) in [5.41, 5.74) is 2.50. The van der Waals surface area contributed by atoms with Crippen LogP contribution in [0.2, 0.25) is 0 Å². The molecule has 3 rings (SSSR count). The number of nitrogens with one attached hydrogen (secondary N) is 2. The molecule has 0 saturated heterocycles. The van der Waals surface area contributed by atoms with Crippen LogP contribution in [0.4, 0.5) is 15.8 Å². The number of amides is 1. The molecule has 28 heavy (non-hydrogen) atoms. The highest BCUT2D eigenvalue weighted by Gasteiger charge is 2.09. The Balaban J connectivity index is 1.63. The Hall–Kier alpha value is -3.15. The molecule has 6 heteroatoms. The summed E-state index contributed by atoms with van der Waals surface area (Å²) in [5.74, 6) is -0.559. The van der Waals surface area contributed by atoms with E-state index in [1.165, 1.54) is 12.1 Å². The number of carbonyl (C=O) groups is 1. The molecule has 5 nitrogen and oxygen atoms in total. The van der Waals surface area contributed by atoms with Gasteiger partial charge in [-0.1, -0.05) is 0 Å². The Morgan fingerprint density at radius 1 is 1.07 bits per heavy atom. The minimum atomic E-state index is -0.401. The van der Waals surface area contributed by atoms with E-state index in [2.05, 4.69) is 29.0 Å². The molecule has 0 fully saturated rings. The first-order valence-electron chi connectivity index (χ1n) is 9.46. The molecule has 1 amide bonds. The molecule has 0 radical (unpaired) electrons. The van der Waals surface area contributed by atoms with Crippen LogP contribution in [-0.4, -0.2) is 24.0 Å². The highest BCUT2D eigenvalue weighted by atomic mass is 19.1. The number of aryl methyl sites for hydroxylation is 1. The molecule has 0 saturated carbocycles. The van der Waals surface area contributed by atoms with Gasteiger partial charge in [0.25, 0.3) is 5.56 Å². The van der Waals surface area contributed by atoms with Crippen LogP contribution in [-0.2, 0) is 11.2 Å². The predicted octanol–water partition coefficient (Wildman–Crippen LogP) is 4.08. The number of halogens is 1. The van der Waals surface area contributed by atoms with Gasteiger partial charge in [-0.3, -0.25) is 9.59 Å². The lowest BCUT2D eigenvalue weighted by molar-refractivity contribution is -0.116. The van der Waals surface area contributed by atoms with E-state index in [1.807, 2.05) is 24.3 Å². The van der Waals surface area contributed by atoms with E-state index in [1.54, 1.807) is 12.1 Å². The number of hydrogen-bond donors (Lipinski definition) is 2. The Labute approximate surface area is 163 Å². The van der Waals surface area contributed by atoms with Crippen LogP contribution in [0.25, 0.3) is 10.9 Å². The first-order chi connectivity index (χ1) is 13.5. The highest BCUT2D eigenvalue weighted by molar-refractivity contribution is 5.91. The Morgan fingerprint density at radius 3 is 2.46 bits per heavy atom. The average molecular weight is 381 g/mol. The van der Waals surface area contributed by atoms with Gasteiger partial charge in [0.2, 0.25) is 5.91 Å². The summed E-state index contributed by atoms with van der Waals surface area (Å²) in [5, 5.41) is 3.60. The van der Waals surface area contributed by atoms with Crippen molar-refractivity contribution in [3.63, 3.8) is 0 Å². The van der Waals surface area contributed by atoms with Gasteiger partial charge in [0.05, 0.1) is 5.52 Å². The molecule has 0 atom stereocenters. The molecule has 1 heterocycles. The zero-order chi connectivity index (χ0) is 20.1. The van der Waals surface area contributed by atoms with Gasteiger partial charge in [-0.2, -0.15) is 0 Å². The normalized spacial score (nSPS) is 10.8. The SMILES string of the molecule is CCN(CC)c1ccc(NC(=O)CCc2cc3ccc(F)cc3[nH]c2=O)cc1. The first-order valence-corrected chi connectivity index (χ1v) is 9.46. The molecule has 0 bridgehead atoms. The topological polar surface area (TPSA) is 65.2 Å². The Kier molecular flexibility index (Phi) is 6.09. The second-order valence-corrected chi connectivity index (χ2v) is 6.62. The molecule has 146 valence electrons. The molecule has 0 aliphatic heterocycles. The van der Waals surface area contributed by atoms with Gasteiger partial charge in [-0.25, -0.2) is 4.39 Å². The maximum Gasteiger partial charge on any atom is 0.251 e. The van der Waals surface area contributed by atoms with E-state index in [0.29, 0.717) is 17.5 Å². The summed E-state index contributed by atoms with van der Waals surface area (Å²) in [7, 11) is 0. The van der Waals surface area contributed by atoms with Gasteiger partial charge in [0.15, 0.2) is 0 Å². The molecular formula is C22H24FN3O2. The lowest BCUT2D eigenvalue weighted by Gasteiger charge is -2.21. The van der Waals surface area contributed by atoms with Crippen LogP contribution < -0.4 is 15.8 Å². The van der Waals surface area contributed by atoms with Gasteiger partial charge in [0, 0.05) is 36.4 Å². The predicted molar refractivity (Wildman–Crippen MR) is 111 cm³/mol. The van der Waals surface area contributed by atoms with Crippen LogP contribution >= 0.6 is 0 Å². The summed E-state index contributed by atoms with van der Waals surface area (Å²) in [6.45, 7) is 6.05. The van der Waals surface area contributed by atoms with Crippen molar-refractivity contribution in [2.24, 2.45) is 0 Å². The molecule has 2 N–H and O–H groups in total. The fraction of sp³-hybridized carbons (Fsp3) is 0.273. The minimum Gasteiger partial charge on any atom is -0.372 e. The number of hydrogen-bond acceptors (Lipinski definition) is 3. The maximum absolute atomic E-state index is 13.3. The number of benzene rings is 2. The molecule has 2 aromatic carbocycles. The number of nitrogens with zero attached hydrogens (tertiary/aromatic N) is 1. The van der Waals surface area contributed by atoms with Crippen molar-refractivity contribution in [3.8, 4) is 0 Å². The quantitative estimate of drug-likeness (QED) is 0.648. The van der Waals surface area contributed by atoms with Gasteiger partial charge >= 0.3 is 0 Å². The van der Waals surface area contributed by atoms with Crippen molar-refractivity contribution in [1.82, 2.24) is 4.98 Å². The van der Waals surface area contributed by atoms with Gasteiger partial charge < -0.3 is 15.2 Å². The largest absolute Gasteiger partial charge is 0.372 e. The van der Waals surface area contributed by atoms with Crippen LogP contribution in [0.5, 0.6) is 0 Å². The van der Waals surface area contributed by atoms with E-state index < -0.39 is 5.82 Å². The van der Waals surface area contributed by atoms with Crippen molar-refractivity contribution in [2.75, 3.05) is 23.3 Å². The van der Waals surface area contributed by atoms with Crippen molar-refractivity contribution in [1.29, 1.82) is 0 Å². The van der Waals surface area contributed by atoms with Crippen LogP contribution in [0, 0.1) is 5.82 Å². The standard InChI is InChI=1S/C22H24FN3O2/c1-3-26(4-2)19-10-8-18(9-11-19)24-21(27)12-6-16-13-15-5-7-17(23)14-20(15)25-22(16)28/h5,7-11,13-14H,3-4,6,12H2,1-2H3,(H,24,27)(H,25,28). The van der Waals surface area contributed by atoms with Gasteiger partial charge in [-0.05, 0) is 74.2 Å². The fourth-order valence-electron chi connectivity index (χ4n) is 3.22. The second kappa shape index (κ2) is 8.69. The third-order valence-electron chi connectivity index (χ3n) is 4.79. The molecule has 0 aliphatic carbocycles. The number of fused-ring (bicyclic) bond motifs is 1. The third kappa shape index (κ3) is 4.57. The lowest BCUT2D eigenvalue weighted by atomic mass is 10.1. The number of H-pyrrole nitrogens is 1. The minimum absolute atomic E-state index is 0.158. The number of carbonyl (C=O) groups excluding carboxylic acids is 1. The molecule has 0 spiro atoms. The zero-order valence-corrected chi connectivity index (χ0v) is 16.1. The average Bonchev–Trinajstić information content (AvgIpc) is 2.68. The van der Waals surface area contributed by atoms with Crippen molar-refractivity contribution >= 4 is 28.2 Å². The summed E-state index contributed by atoms with van der Waals surface area (Å²) in [6.07, 6.45) is 0.500. The molecule has 1 aromatic heterocycles. The van der Waals surface area contributed by atoms with Crippen molar-refractivity contribution in [3.05, 3.63) is 70.3 Å². The Morgan fingerprint density at radius 2 is 1.79 bits per heavy atom. The van der Waals surface area contributed by atoms with Crippen molar-refractivity contribution in [2.45, 2.75) is 26.7 Å². The van der Waals surface area contributed by atoms with E-state index in [4.69, 9.17) is 0 Å². The zero-order valence-electron chi connectivity index (χ0n) is 16.1. The van der Waals surface area contributed by atoms with E-state index >= 15 is 0 Å². The number of aromatic nitrogens is 1. The Bertz CT molecular complexity index is 1020. The first kappa shape index (κ1) is 19.6. The van der Waals surface area contributed by atoms with Gasteiger partial charge in [0.1, 0.15) is 5.82 Å². The smallest absolute Gasteiger partial charge is 0.251 e. The molecule has 0 unspecified atom stereocenters. The second-order valence-electron chi connectivity index (χ2n) is 6.62. The summed E-state index contributed by atoms with van der Waals surface area (Å²) in [6, 6.07) is 13.7. The fourth-order valence-corrected chi connectivity index (χ4v) is 3.22. The summed E-state index contributed by atoms with van der Waals surface area (Å²) in [4.78, 5) is 29.3. The number of rotatable bonds is 7. The van der Waals surface area contributed by atoms with E-state index in [9.17, 15) is 14.0 Å². The van der Waals surface area contributed by atoms with Crippen LogP contribution in [0.1, 0.15) is 25.8 Å². The number of anilines is 2. The lowest BCUT2D eigenvalue weighted by Crippen LogP contribution is -2.21. The maximum atomic E-state index is 13.3. The highest BCUT2D eigenvalue weighted by Crippen LogP contribution is 2.18. The van der Waals surface area contributed by atoms with Gasteiger partial charge in [-0.15, -0.1) is 0 Å². The number of pyridine rings is 1. The number of aromatic amines is 1. The third-order valence-corrected chi connectivity index (χ3v) is 4.79. The van der Waals surface area contributed by atoms with E-state index in [0.717, 1.165) is 29.9 Å². The van der Waals surface area contributed by atoms with E-state index in [-0.39, 0.29) is 17.9 Å². The van der Waals surface area contributed by atoms with Crippen molar-refractivity contribution < 1.29 is 9.18 Å².